The fraction of sp³-hybridized carbons (Fsp3) is 0.292. The molecule has 0 amide bonds. The predicted molar refractivity (Wildman–Crippen MR) is 135 cm³/mol. The number of aromatic nitrogens is 4. The van der Waals surface area contributed by atoms with Crippen LogP contribution in [0.1, 0.15) is 5.56 Å². The van der Waals surface area contributed by atoms with Crippen molar-refractivity contribution in [1.29, 1.82) is 0 Å². The highest BCUT2D eigenvalue weighted by atomic mass is 16.5. The van der Waals surface area contributed by atoms with Crippen LogP contribution in [-0.2, 0) is 6.42 Å². The molecule has 4 rings (SSSR count). The molecule has 178 valence electrons. The van der Waals surface area contributed by atoms with Gasteiger partial charge in [0.15, 0.2) is 5.75 Å². The van der Waals surface area contributed by atoms with Crippen molar-refractivity contribution in [2.45, 2.75) is 6.42 Å². The first-order chi connectivity index (χ1) is 16.5. The molecule has 0 aliphatic rings. The van der Waals surface area contributed by atoms with Gasteiger partial charge in [-0.2, -0.15) is 5.10 Å². The predicted octanol–water partition coefficient (Wildman–Crippen LogP) is 3.28. The van der Waals surface area contributed by atoms with Gasteiger partial charge in [-0.15, -0.1) is 0 Å². The number of fused-ring (bicyclic) bond motifs is 1. The van der Waals surface area contributed by atoms with Crippen molar-refractivity contribution in [3.8, 4) is 22.8 Å². The molecule has 10 heteroatoms. The minimum atomic E-state index is 0.395. The molecular weight excluding hydrogens is 432 g/mol. The summed E-state index contributed by atoms with van der Waals surface area (Å²) in [6.07, 6.45) is 6.02. The summed E-state index contributed by atoms with van der Waals surface area (Å²) in [6, 6.07) is 7.74. The molecule has 0 bridgehead atoms. The fourth-order valence-electron chi connectivity index (χ4n) is 3.83. The third-order valence-electron chi connectivity index (χ3n) is 5.63. The Morgan fingerprint density at radius 3 is 2.62 bits per heavy atom. The third kappa shape index (κ3) is 4.40. The summed E-state index contributed by atoms with van der Waals surface area (Å²) in [7, 11) is 9.11. The van der Waals surface area contributed by atoms with Gasteiger partial charge in [-0.25, -0.2) is 14.5 Å². The van der Waals surface area contributed by atoms with Crippen molar-refractivity contribution in [3.63, 3.8) is 0 Å². The lowest BCUT2D eigenvalue weighted by atomic mass is 10.0. The summed E-state index contributed by atoms with van der Waals surface area (Å²) in [6.45, 7) is 0.812. The molecule has 4 N–H and O–H groups in total. The van der Waals surface area contributed by atoms with Gasteiger partial charge in [-0.05, 0) is 32.6 Å². The molecule has 0 aliphatic carbocycles. The molecule has 0 fully saturated rings. The van der Waals surface area contributed by atoms with E-state index in [0.29, 0.717) is 35.2 Å². The van der Waals surface area contributed by atoms with Crippen LogP contribution in [0.4, 0.5) is 23.0 Å². The first kappa shape index (κ1) is 23.1. The van der Waals surface area contributed by atoms with Crippen LogP contribution in [0.5, 0.6) is 11.5 Å². The standard InChI is InChI=1S/C24H30N8O2/c1-26-17-12-19(33-4)22(15(21(17)25)9-11-31(2)3)29-24-27-14-20(34-5)23(30-24)16-13-28-32-10-7-6-8-18(16)32/h6-8,10,12-14,26H,9,11,25H2,1-5H3,(H,27,29,30). The molecule has 0 saturated carbocycles. The first-order valence-electron chi connectivity index (χ1n) is 10.9. The summed E-state index contributed by atoms with van der Waals surface area (Å²) in [4.78, 5) is 11.4. The number of anilines is 4. The highest BCUT2D eigenvalue weighted by Gasteiger charge is 2.20. The maximum absolute atomic E-state index is 6.52. The van der Waals surface area contributed by atoms with Crippen molar-refractivity contribution < 1.29 is 9.47 Å². The number of methoxy groups -OCH3 is 2. The normalized spacial score (nSPS) is 11.1. The van der Waals surface area contributed by atoms with Crippen molar-refractivity contribution in [2.24, 2.45) is 0 Å². The maximum atomic E-state index is 6.52. The van der Waals surface area contributed by atoms with Crippen LogP contribution in [0.25, 0.3) is 16.8 Å². The minimum Gasteiger partial charge on any atom is -0.494 e. The number of benzene rings is 1. The van der Waals surface area contributed by atoms with Gasteiger partial charge in [0, 0.05) is 31.4 Å². The van der Waals surface area contributed by atoms with E-state index in [1.54, 1.807) is 31.1 Å². The summed E-state index contributed by atoms with van der Waals surface area (Å²) < 4.78 is 13.1. The van der Waals surface area contributed by atoms with E-state index in [1.807, 2.05) is 51.6 Å². The molecule has 4 aromatic rings. The van der Waals surface area contributed by atoms with Crippen LogP contribution in [0, 0.1) is 0 Å². The molecular formula is C24H30N8O2. The molecule has 1 aromatic carbocycles. The van der Waals surface area contributed by atoms with Crippen molar-refractivity contribution in [3.05, 3.63) is 48.4 Å². The number of ether oxygens (including phenoxy) is 2. The molecule has 10 nitrogen and oxygen atoms in total. The topological polar surface area (TPSA) is 115 Å². The first-order valence-corrected chi connectivity index (χ1v) is 10.9. The smallest absolute Gasteiger partial charge is 0.228 e. The Balaban J connectivity index is 1.81. The quantitative estimate of drug-likeness (QED) is 0.322. The van der Waals surface area contributed by atoms with E-state index >= 15 is 0 Å². The Morgan fingerprint density at radius 1 is 1.12 bits per heavy atom. The Morgan fingerprint density at radius 2 is 1.91 bits per heavy atom. The molecule has 0 spiro atoms. The number of pyridine rings is 1. The number of hydrogen-bond acceptors (Lipinski definition) is 9. The van der Waals surface area contributed by atoms with E-state index in [9.17, 15) is 0 Å². The van der Waals surface area contributed by atoms with Gasteiger partial charge < -0.3 is 30.7 Å². The molecule has 0 radical (unpaired) electrons. The van der Waals surface area contributed by atoms with E-state index in [4.69, 9.17) is 20.2 Å². The average molecular weight is 463 g/mol. The lowest BCUT2D eigenvalue weighted by Crippen LogP contribution is -2.17. The maximum Gasteiger partial charge on any atom is 0.228 e. The fourth-order valence-corrected chi connectivity index (χ4v) is 3.83. The van der Waals surface area contributed by atoms with Crippen molar-refractivity contribution in [1.82, 2.24) is 24.5 Å². The van der Waals surface area contributed by atoms with E-state index in [-0.39, 0.29) is 0 Å². The van der Waals surface area contributed by atoms with Crippen LogP contribution < -0.4 is 25.8 Å². The number of nitrogens with one attached hydrogen (secondary N) is 2. The zero-order valence-electron chi connectivity index (χ0n) is 20.1. The molecule has 0 atom stereocenters. The number of nitrogens with zero attached hydrogens (tertiary/aromatic N) is 5. The van der Waals surface area contributed by atoms with Crippen LogP contribution in [0.15, 0.2) is 42.9 Å². The molecule has 0 aliphatic heterocycles. The third-order valence-corrected chi connectivity index (χ3v) is 5.63. The van der Waals surface area contributed by atoms with Crippen LogP contribution >= 0.6 is 0 Å². The Labute approximate surface area is 198 Å². The minimum absolute atomic E-state index is 0.395. The zero-order chi connectivity index (χ0) is 24.2. The van der Waals surface area contributed by atoms with Gasteiger partial charge in [0.2, 0.25) is 5.95 Å². The van der Waals surface area contributed by atoms with Crippen molar-refractivity contribution in [2.75, 3.05) is 58.3 Å². The second kappa shape index (κ2) is 9.84. The van der Waals surface area contributed by atoms with E-state index in [0.717, 1.165) is 34.6 Å². The SMILES string of the molecule is CNc1cc(OC)c(Nc2ncc(OC)c(-c3cnn4ccccc34)n2)c(CCN(C)C)c1N. The number of likely N-dealkylation sites (N-methyl/N-ethyl adjacent to an activating group) is 1. The number of nitrogens with two attached hydrogens (primary N) is 1. The Hall–Kier alpha value is -4.05. The van der Waals surface area contributed by atoms with Gasteiger partial charge in [0.1, 0.15) is 11.4 Å². The Bertz CT molecular complexity index is 1300. The number of nitrogen functional groups attached to an aromatic ring is 1. The number of hydrogen-bond donors (Lipinski definition) is 3. The lowest BCUT2D eigenvalue weighted by Gasteiger charge is -2.21. The average Bonchev–Trinajstić information content (AvgIpc) is 3.28. The summed E-state index contributed by atoms with van der Waals surface area (Å²) in [5.41, 5.74) is 12.0. The van der Waals surface area contributed by atoms with E-state index in [1.165, 1.54) is 0 Å². The van der Waals surface area contributed by atoms with E-state index in [2.05, 4.69) is 25.6 Å². The number of rotatable bonds is 9. The van der Waals surface area contributed by atoms with Gasteiger partial charge >= 0.3 is 0 Å². The summed E-state index contributed by atoms with van der Waals surface area (Å²) in [5.74, 6) is 1.59. The molecule has 3 aromatic heterocycles. The van der Waals surface area contributed by atoms with Gasteiger partial charge in [0.05, 0.1) is 54.8 Å². The highest BCUT2D eigenvalue weighted by Crippen LogP contribution is 2.40. The summed E-state index contributed by atoms with van der Waals surface area (Å²) >= 11 is 0. The van der Waals surface area contributed by atoms with Gasteiger partial charge in [-0.1, -0.05) is 6.07 Å². The molecule has 0 unspecified atom stereocenters. The van der Waals surface area contributed by atoms with Crippen LogP contribution in [0.2, 0.25) is 0 Å². The van der Waals surface area contributed by atoms with Gasteiger partial charge in [0.25, 0.3) is 0 Å². The largest absolute Gasteiger partial charge is 0.494 e. The van der Waals surface area contributed by atoms with Crippen LogP contribution in [0.3, 0.4) is 0 Å². The second-order valence-corrected chi connectivity index (χ2v) is 8.02. The summed E-state index contributed by atoms with van der Waals surface area (Å²) in [5, 5.41) is 10.9. The Kier molecular flexibility index (Phi) is 6.69. The van der Waals surface area contributed by atoms with Gasteiger partial charge in [-0.3, -0.25) is 0 Å². The monoisotopic (exact) mass is 462 g/mol. The molecule has 3 heterocycles. The highest BCUT2D eigenvalue weighted by molar-refractivity contribution is 5.85. The molecule has 34 heavy (non-hydrogen) atoms. The van der Waals surface area contributed by atoms with E-state index < -0.39 is 0 Å². The lowest BCUT2D eigenvalue weighted by molar-refractivity contribution is 0.409. The second-order valence-electron chi connectivity index (χ2n) is 8.02. The molecule has 0 saturated heterocycles. The van der Waals surface area contributed by atoms with Crippen molar-refractivity contribution >= 4 is 28.5 Å². The zero-order valence-corrected chi connectivity index (χ0v) is 20.1. The van der Waals surface area contributed by atoms with Crippen LogP contribution in [-0.4, -0.2) is 66.4 Å².